The molecule has 0 aromatic heterocycles. The highest BCUT2D eigenvalue weighted by Gasteiger charge is 2.37. The van der Waals surface area contributed by atoms with Crippen molar-refractivity contribution >= 4 is 11.7 Å². The molecule has 7 nitrogen and oxygen atoms in total. The number of para-hydroxylation sites is 1. The minimum absolute atomic E-state index is 0.242. The SMILES string of the molecule is COc1cc(NC(=O)NCC2(c3ccccc3OC)CCOCC2)cc(OC)c1. The van der Waals surface area contributed by atoms with Crippen LogP contribution in [0.3, 0.4) is 0 Å². The fourth-order valence-corrected chi connectivity index (χ4v) is 3.69. The van der Waals surface area contributed by atoms with Gasteiger partial charge in [-0.2, -0.15) is 0 Å². The molecule has 1 fully saturated rings. The number of benzene rings is 2. The van der Waals surface area contributed by atoms with Gasteiger partial charge in [0.15, 0.2) is 0 Å². The van der Waals surface area contributed by atoms with Crippen molar-refractivity contribution in [3.05, 3.63) is 48.0 Å². The van der Waals surface area contributed by atoms with Gasteiger partial charge in [0.1, 0.15) is 17.2 Å². The van der Waals surface area contributed by atoms with Crippen molar-refractivity contribution in [3.63, 3.8) is 0 Å². The van der Waals surface area contributed by atoms with E-state index in [2.05, 4.69) is 16.7 Å². The second-order valence-corrected chi connectivity index (χ2v) is 7.00. The van der Waals surface area contributed by atoms with Crippen LogP contribution in [0.15, 0.2) is 42.5 Å². The molecule has 2 aromatic rings. The van der Waals surface area contributed by atoms with E-state index in [0.29, 0.717) is 36.9 Å². The Balaban J connectivity index is 1.74. The van der Waals surface area contributed by atoms with E-state index in [1.165, 1.54) is 0 Å². The topological polar surface area (TPSA) is 78.1 Å². The number of carbonyl (C=O) groups is 1. The van der Waals surface area contributed by atoms with Crippen LogP contribution in [0.4, 0.5) is 10.5 Å². The molecular formula is C22H28N2O5. The number of hydrogen-bond acceptors (Lipinski definition) is 5. The van der Waals surface area contributed by atoms with Crippen molar-refractivity contribution in [2.24, 2.45) is 0 Å². The van der Waals surface area contributed by atoms with E-state index in [1.54, 1.807) is 39.5 Å². The monoisotopic (exact) mass is 400 g/mol. The van der Waals surface area contributed by atoms with Gasteiger partial charge in [-0.3, -0.25) is 0 Å². The Kier molecular flexibility index (Phi) is 6.82. The molecule has 3 rings (SSSR count). The predicted molar refractivity (Wildman–Crippen MR) is 111 cm³/mol. The van der Waals surface area contributed by atoms with Crippen molar-refractivity contribution in [2.45, 2.75) is 18.3 Å². The summed E-state index contributed by atoms with van der Waals surface area (Å²) < 4.78 is 21.7. The second kappa shape index (κ2) is 9.52. The van der Waals surface area contributed by atoms with Crippen molar-refractivity contribution in [2.75, 3.05) is 46.4 Å². The van der Waals surface area contributed by atoms with Crippen molar-refractivity contribution < 1.29 is 23.7 Å². The van der Waals surface area contributed by atoms with Crippen LogP contribution in [0.5, 0.6) is 17.2 Å². The van der Waals surface area contributed by atoms with Crippen molar-refractivity contribution in [3.8, 4) is 17.2 Å². The lowest BCUT2D eigenvalue weighted by atomic mass is 9.73. The molecule has 1 aliphatic heterocycles. The molecule has 0 radical (unpaired) electrons. The fourth-order valence-electron chi connectivity index (χ4n) is 3.69. The van der Waals surface area contributed by atoms with E-state index in [0.717, 1.165) is 24.2 Å². The van der Waals surface area contributed by atoms with Gasteiger partial charge < -0.3 is 29.6 Å². The van der Waals surface area contributed by atoms with Crippen molar-refractivity contribution in [1.29, 1.82) is 0 Å². The fraction of sp³-hybridized carbons (Fsp3) is 0.409. The quantitative estimate of drug-likeness (QED) is 0.743. The second-order valence-electron chi connectivity index (χ2n) is 7.00. The lowest BCUT2D eigenvalue weighted by Gasteiger charge is -2.38. The number of anilines is 1. The maximum atomic E-state index is 12.6. The van der Waals surface area contributed by atoms with Crippen LogP contribution in [-0.2, 0) is 10.2 Å². The molecule has 1 heterocycles. The number of hydrogen-bond donors (Lipinski definition) is 2. The molecule has 1 saturated heterocycles. The Morgan fingerprint density at radius 2 is 1.66 bits per heavy atom. The third-order valence-electron chi connectivity index (χ3n) is 5.32. The lowest BCUT2D eigenvalue weighted by molar-refractivity contribution is 0.0500. The van der Waals surface area contributed by atoms with Crippen LogP contribution < -0.4 is 24.8 Å². The van der Waals surface area contributed by atoms with E-state index in [9.17, 15) is 4.79 Å². The highest BCUT2D eigenvalue weighted by Crippen LogP contribution is 2.39. The molecule has 2 aromatic carbocycles. The zero-order valence-corrected chi connectivity index (χ0v) is 17.1. The maximum absolute atomic E-state index is 12.6. The van der Waals surface area contributed by atoms with Gasteiger partial charge in [-0.05, 0) is 18.9 Å². The minimum Gasteiger partial charge on any atom is -0.497 e. The molecule has 29 heavy (non-hydrogen) atoms. The van der Waals surface area contributed by atoms with Crippen LogP contribution in [0.25, 0.3) is 0 Å². The van der Waals surface area contributed by atoms with Gasteiger partial charge in [-0.1, -0.05) is 18.2 Å². The molecule has 2 N–H and O–H groups in total. The first-order chi connectivity index (χ1) is 14.1. The Morgan fingerprint density at radius 3 is 2.28 bits per heavy atom. The van der Waals surface area contributed by atoms with Gasteiger partial charge in [0, 0.05) is 54.6 Å². The summed E-state index contributed by atoms with van der Waals surface area (Å²) in [5.74, 6) is 2.04. The van der Waals surface area contributed by atoms with Crippen LogP contribution in [0.1, 0.15) is 18.4 Å². The Morgan fingerprint density at radius 1 is 1.00 bits per heavy atom. The van der Waals surface area contributed by atoms with Gasteiger partial charge in [0.2, 0.25) is 0 Å². The molecule has 156 valence electrons. The van der Waals surface area contributed by atoms with E-state index in [-0.39, 0.29) is 11.4 Å². The number of rotatable bonds is 7. The molecule has 1 aliphatic rings. The van der Waals surface area contributed by atoms with E-state index >= 15 is 0 Å². The number of urea groups is 1. The van der Waals surface area contributed by atoms with Gasteiger partial charge >= 0.3 is 6.03 Å². The van der Waals surface area contributed by atoms with Gasteiger partial charge in [0.25, 0.3) is 0 Å². The van der Waals surface area contributed by atoms with E-state index < -0.39 is 0 Å². The van der Waals surface area contributed by atoms with Gasteiger partial charge in [-0.25, -0.2) is 4.79 Å². The first-order valence-corrected chi connectivity index (χ1v) is 9.59. The van der Waals surface area contributed by atoms with Gasteiger partial charge in [0.05, 0.1) is 21.3 Å². The highest BCUT2D eigenvalue weighted by atomic mass is 16.5. The summed E-state index contributed by atoms with van der Waals surface area (Å²) in [7, 11) is 4.81. The molecule has 2 amide bonds. The molecule has 0 unspecified atom stereocenters. The highest BCUT2D eigenvalue weighted by molar-refractivity contribution is 5.89. The smallest absolute Gasteiger partial charge is 0.319 e. The Bertz CT molecular complexity index is 811. The van der Waals surface area contributed by atoms with Crippen LogP contribution in [-0.4, -0.2) is 47.1 Å². The third kappa shape index (κ3) is 4.92. The van der Waals surface area contributed by atoms with Crippen molar-refractivity contribution in [1.82, 2.24) is 5.32 Å². The molecule has 0 saturated carbocycles. The van der Waals surface area contributed by atoms with Crippen LogP contribution in [0, 0.1) is 0 Å². The average molecular weight is 400 g/mol. The third-order valence-corrected chi connectivity index (χ3v) is 5.32. The average Bonchev–Trinajstić information content (AvgIpc) is 2.78. The predicted octanol–water partition coefficient (Wildman–Crippen LogP) is 3.58. The summed E-state index contributed by atoms with van der Waals surface area (Å²) >= 11 is 0. The Labute approximate surface area is 171 Å². The summed E-state index contributed by atoms with van der Waals surface area (Å²) in [6.45, 7) is 1.77. The first kappa shape index (κ1) is 20.8. The summed E-state index contributed by atoms with van der Waals surface area (Å²) in [6, 6.07) is 12.9. The van der Waals surface area contributed by atoms with Crippen LogP contribution >= 0.6 is 0 Å². The first-order valence-electron chi connectivity index (χ1n) is 9.59. The summed E-state index contributed by atoms with van der Waals surface area (Å²) in [5, 5.41) is 5.88. The molecule has 0 atom stereocenters. The standard InChI is InChI=1S/C22H28N2O5/c1-26-17-12-16(13-18(14-17)27-2)24-21(25)23-15-22(8-10-29-11-9-22)19-6-4-5-7-20(19)28-3/h4-7,12-14H,8-11,15H2,1-3H3,(H2,23,24,25). The summed E-state index contributed by atoms with van der Waals surface area (Å²) in [4.78, 5) is 12.6. The molecule has 0 aliphatic carbocycles. The number of amides is 2. The molecule has 7 heteroatoms. The Hall–Kier alpha value is -2.93. The number of ether oxygens (including phenoxy) is 4. The molecule has 0 bridgehead atoms. The zero-order valence-electron chi connectivity index (χ0n) is 17.1. The van der Waals surface area contributed by atoms with E-state index in [4.69, 9.17) is 18.9 Å². The van der Waals surface area contributed by atoms with E-state index in [1.807, 2.05) is 18.2 Å². The maximum Gasteiger partial charge on any atom is 0.319 e. The van der Waals surface area contributed by atoms with Crippen LogP contribution in [0.2, 0.25) is 0 Å². The van der Waals surface area contributed by atoms with Gasteiger partial charge in [-0.15, -0.1) is 0 Å². The minimum atomic E-state index is -0.291. The largest absolute Gasteiger partial charge is 0.497 e. The lowest BCUT2D eigenvalue weighted by Crippen LogP contribution is -2.45. The zero-order chi connectivity index (χ0) is 20.7. The number of methoxy groups -OCH3 is 3. The summed E-state index contributed by atoms with van der Waals surface area (Å²) in [5.41, 5.74) is 1.44. The summed E-state index contributed by atoms with van der Waals surface area (Å²) in [6.07, 6.45) is 1.61. The normalized spacial score (nSPS) is 15.3. The molecule has 0 spiro atoms. The molecular weight excluding hydrogens is 372 g/mol. The number of carbonyl (C=O) groups excluding carboxylic acids is 1. The number of nitrogens with one attached hydrogen (secondary N) is 2.